The van der Waals surface area contributed by atoms with E-state index >= 15 is 0 Å². The molecule has 0 fully saturated rings. The van der Waals surface area contributed by atoms with Gasteiger partial charge in [-0.1, -0.05) is 54.6 Å². The zero-order valence-electron chi connectivity index (χ0n) is 23.3. The van der Waals surface area contributed by atoms with Crippen LogP contribution in [-0.4, -0.2) is 0 Å². The van der Waals surface area contributed by atoms with Crippen molar-refractivity contribution in [3.05, 3.63) is 114 Å². The number of furan rings is 1. The topological polar surface area (TPSA) is 40.8 Å². The average Bonchev–Trinajstić information content (AvgIpc) is 3.32. The number of hydrogen-bond donors (Lipinski definition) is 0. The molecule has 0 atom stereocenters. The van der Waals surface area contributed by atoms with Gasteiger partial charge in [-0.2, -0.15) is 5.26 Å². The van der Waals surface area contributed by atoms with Gasteiger partial charge in [0, 0.05) is 32.6 Å². The summed E-state index contributed by atoms with van der Waals surface area (Å²) in [5, 5.41) is 11.8. The molecular formula is C33H24FN2O+. The Kier molecular flexibility index (Phi) is 4.58. The molecule has 0 saturated heterocycles. The molecule has 0 unspecified atom stereocenters. The lowest BCUT2D eigenvalue weighted by atomic mass is 9.92. The zero-order valence-corrected chi connectivity index (χ0v) is 20.3. The maximum atomic E-state index is 14.3. The van der Waals surface area contributed by atoms with Gasteiger partial charge in [0.25, 0.3) is 0 Å². The van der Waals surface area contributed by atoms with Crippen LogP contribution in [0.15, 0.2) is 95.5 Å². The first-order valence-electron chi connectivity index (χ1n) is 13.4. The third-order valence-corrected chi connectivity index (χ3v) is 6.90. The molecule has 0 spiro atoms. The van der Waals surface area contributed by atoms with Crippen LogP contribution in [-0.2, 0) is 7.05 Å². The molecule has 178 valence electrons. The fraction of sp³-hybridized carbons (Fsp3) is 0.0909. The van der Waals surface area contributed by atoms with Gasteiger partial charge >= 0.3 is 0 Å². The van der Waals surface area contributed by atoms with Crippen molar-refractivity contribution in [1.82, 2.24) is 0 Å². The van der Waals surface area contributed by atoms with E-state index in [1.54, 1.807) is 24.4 Å². The highest BCUT2D eigenvalue weighted by atomic mass is 19.1. The minimum atomic E-state index is -2.32. The van der Waals surface area contributed by atoms with Gasteiger partial charge in [-0.05, 0) is 59.8 Å². The van der Waals surface area contributed by atoms with Gasteiger partial charge in [-0.25, -0.2) is 8.96 Å². The summed E-state index contributed by atoms with van der Waals surface area (Å²) in [5.41, 5.74) is 6.68. The molecule has 0 aliphatic heterocycles. The predicted molar refractivity (Wildman–Crippen MR) is 145 cm³/mol. The van der Waals surface area contributed by atoms with Crippen LogP contribution in [0, 0.1) is 30.9 Å². The summed E-state index contributed by atoms with van der Waals surface area (Å²) in [4.78, 5) is 0. The number of benzene rings is 4. The van der Waals surface area contributed by atoms with E-state index in [1.165, 1.54) is 12.1 Å². The first-order valence-corrected chi connectivity index (χ1v) is 11.9. The van der Waals surface area contributed by atoms with Gasteiger partial charge in [0.15, 0.2) is 6.20 Å². The van der Waals surface area contributed by atoms with E-state index in [-0.39, 0.29) is 11.4 Å². The molecule has 0 aliphatic carbocycles. The van der Waals surface area contributed by atoms with Gasteiger partial charge < -0.3 is 4.42 Å². The number of nitrogens with zero attached hydrogens (tertiary/aromatic N) is 2. The molecule has 6 rings (SSSR count). The minimum absolute atomic E-state index is 0.231. The molecule has 0 aliphatic rings. The summed E-state index contributed by atoms with van der Waals surface area (Å²) in [6.45, 7) is -0.367. The number of rotatable bonds is 3. The van der Waals surface area contributed by atoms with Crippen molar-refractivity contribution in [1.29, 1.82) is 5.26 Å². The van der Waals surface area contributed by atoms with Crippen molar-refractivity contribution in [2.75, 3.05) is 0 Å². The van der Waals surface area contributed by atoms with Crippen LogP contribution in [0.4, 0.5) is 4.39 Å². The summed E-state index contributed by atoms with van der Waals surface area (Å²) in [6, 6.07) is 27.3. The zero-order chi connectivity index (χ0) is 28.2. The van der Waals surface area contributed by atoms with Gasteiger partial charge in [0.2, 0.25) is 5.69 Å². The molecule has 3 nitrogen and oxygen atoms in total. The van der Waals surface area contributed by atoms with E-state index in [2.05, 4.69) is 6.07 Å². The minimum Gasteiger partial charge on any atom is -0.454 e. The van der Waals surface area contributed by atoms with E-state index < -0.39 is 6.85 Å². The van der Waals surface area contributed by atoms with Crippen LogP contribution < -0.4 is 4.57 Å². The lowest BCUT2D eigenvalue weighted by molar-refractivity contribution is -0.660. The van der Waals surface area contributed by atoms with Crippen LogP contribution in [0.3, 0.4) is 0 Å². The number of fused-ring (bicyclic) bond motifs is 3. The normalized spacial score (nSPS) is 12.8. The molecule has 0 amide bonds. The Hall–Kier alpha value is -4.75. The molecule has 2 aromatic heterocycles. The van der Waals surface area contributed by atoms with Gasteiger partial charge in [-0.15, -0.1) is 0 Å². The third-order valence-electron chi connectivity index (χ3n) is 6.90. The molecule has 0 bridgehead atoms. The lowest BCUT2D eigenvalue weighted by Gasteiger charge is -2.11. The van der Waals surface area contributed by atoms with Crippen molar-refractivity contribution in [2.45, 2.75) is 13.8 Å². The number of nitriles is 1. The first kappa shape index (κ1) is 19.4. The van der Waals surface area contributed by atoms with Crippen LogP contribution in [0.25, 0.3) is 55.4 Å². The summed E-state index contributed by atoms with van der Waals surface area (Å²) in [5.74, 6) is -0.351. The van der Waals surface area contributed by atoms with Crippen molar-refractivity contribution >= 4 is 21.9 Å². The summed E-state index contributed by atoms with van der Waals surface area (Å²) in [6.07, 6.45) is 1.67. The molecule has 0 radical (unpaired) electrons. The maximum absolute atomic E-state index is 14.3. The average molecular weight is 487 g/mol. The summed E-state index contributed by atoms with van der Waals surface area (Å²) < 4.78 is 47.1. The highest BCUT2D eigenvalue weighted by molar-refractivity contribution is 6.14. The predicted octanol–water partition coefficient (Wildman–Crippen LogP) is 8.04. The summed E-state index contributed by atoms with van der Waals surface area (Å²) in [7, 11) is 1.85. The smallest absolute Gasteiger partial charge is 0.219 e. The summed E-state index contributed by atoms with van der Waals surface area (Å²) >= 11 is 0. The standard InChI is InChI=1S/C33H24FN2O/c1-20-9-11-23(17-28(20)22-7-5-4-6-8-22)31-24(19-35)12-14-27-26-13-10-21(2)30(32(26)37-33(27)31)29-18-25(34)15-16-36(29)3/h4-18H,1-3H3/q+1/i1D3. The molecule has 2 heterocycles. The number of halogens is 1. The van der Waals surface area contributed by atoms with E-state index in [0.29, 0.717) is 39.1 Å². The molecule has 0 saturated carbocycles. The molecule has 4 heteroatoms. The van der Waals surface area contributed by atoms with Crippen LogP contribution in [0.1, 0.15) is 20.8 Å². The fourth-order valence-electron chi connectivity index (χ4n) is 5.05. The van der Waals surface area contributed by atoms with Crippen LogP contribution in [0.2, 0.25) is 0 Å². The SMILES string of the molecule is [2H]C([2H])([2H])c1ccc(-c2c(C#N)ccc3c2oc2c(-c4cc(F)cc[n+]4C)c(C)ccc23)cc1-c1ccccc1. The molecule has 6 aromatic rings. The third kappa shape index (κ3) is 3.68. The van der Waals surface area contributed by atoms with E-state index in [0.717, 1.165) is 27.5 Å². The largest absolute Gasteiger partial charge is 0.454 e. The number of aryl methyl sites for hydroxylation is 3. The molecule has 37 heavy (non-hydrogen) atoms. The Bertz CT molecular complexity index is 1990. The highest BCUT2D eigenvalue weighted by Crippen LogP contribution is 2.42. The van der Waals surface area contributed by atoms with Crippen molar-refractivity contribution in [3.8, 4) is 39.6 Å². The molecule has 4 aromatic carbocycles. The van der Waals surface area contributed by atoms with Crippen molar-refractivity contribution in [3.63, 3.8) is 0 Å². The maximum Gasteiger partial charge on any atom is 0.219 e. The Morgan fingerprint density at radius 1 is 0.838 bits per heavy atom. The van der Waals surface area contributed by atoms with E-state index in [4.69, 9.17) is 8.53 Å². The molecule has 0 N–H and O–H groups in total. The lowest BCUT2D eigenvalue weighted by Crippen LogP contribution is -2.30. The Balaban J connectivity index is 1.68. The highest BCUT2D eigenvalue weighted by Gasteiger charge is 2.24. The number of aromatic nitrogens is 1. The monoisotopic (exact) mass is 486 g/mol. The number of hydrogen-bond acceptors (Lipinski definition) is 2. The Morgan fingerprint density at radius 2 is 1.57 bits per heavy atom. The molecular weight excluding hydrogens is 459 g/mol. The van der Waals surface area contributed by atoms with Crippen molar-refractivity contribution in [2.24, 2.45) is 7.05 Å². The van der Waals surface area contributed by atoms with Gasteiger partial charge in [0.1, 0.15) is 24.0 Å². The van der Waals surface area contributed by atoms with E-state index in [1.807, 2.05) is 73.1 Å². The first-order chi connectivity index (χ1) is 19.2. The fourth-order valence-corrected chi connectivity index (χ4v) is 5.05. The second-order valence-electron chi connectivity index (χ2n) is 9.18. The van der Waals surface area contributed by atoms with E-state index in [9.17, 15) is 9.65 Å². The van der Waals surface area contributed by atoms with Gasteiger partial charge in [-0.3, -0.25) is 0 Å². The van der Waals surface area contributed by atoms with Crippen LogP contribution in [0.5, 0.6) is 0 Å². The quantitative estimate of drug-likeness (QED) is 0.238. The Morgan fingerprint density at radius 3 is 2.32 bits per heavy atom. The van der Waals surface area contributed by atoms with Crippen molar-refractivity contribution < 1.29 is 17.5 Å². The second kappa shape index (κ2) is 8.72. The van der Waals surface area contributed by atoms with Crippen LogP contribution >= 0.6 is 0 Å². The van der Waals surface area contributed by atoms with Gasteiger partial charge in [0.05, 0.1) is 17.2 Å². The number of pyridine rings is 1. The second-order valence-corrected chi connectivity index (χ2v) is 9.18. The Labute approximate surface area is 218 Å².